The van der Waals surface area contributed by atoms with Crippen LogP contribution in [0.4, 0.5) is 0 Å². The van der Waals surface area contributed by atoms with Gasteiger partial charge in [-0.3, -0.25) is 0 Å². The molecule has 0 heterocycles. The third kappa shape index (κ3) is 4.78. The number of hydrogen-bond donors (Lipinski definition) is 1. The van der Waals surface area contributed by atoms with Gasteiger partial charge in [0.25, 0.3) is 0 Å². The molecule has 0 saturated carbocycles. The Balaban J connectivity index is 2.09. The van der Waals surface area contributed by atoms with E-state index in [9.17, 15) is 4.79 Å². The first-order valence-corrected chi connectivity index (χ1v) is 5.65. The lowest BCUT2D eigenvalue weighted by atomic mass is 10.0. The summed E-state index contributed by atoms with van der Waals surface area (Å²) in [5.74, 6) is -0.872. The molecule has 0 atom stereocenters. The van der Waals surface area contributed by atoms with Gasteiger partial charge in [-0.15, -0.1) is 0 Å². The van der Waals surface area contributed by atoms with E-state index in [0.29, 0.717) is 12.0 Å². The zero-order valence-electron chi connectivity index (χ0n) is 9.48. The largest absolute Gasteiger partial charge is 0.478 e. The summed E-state index contributed by atoms with van der Waals surface area (Å²) in [4.78, 5) is 10.5. The first-order valence-electron chi connectivity index (χ1n) is 5.65. The topological polar surface area (TPSA) is 37.3 Å². The second kappa shape index (κ2) is 6.83. The van der Waals surface area contributed by atoms with Crippen LogP contribution in [-0.4, -0.2) is 11.1 Å². The number of benzene rings is 1. The van der Waals surface area contributed by atoms with Crippen LogP contribution in [-0.2, 0) is 11.2 Å². The molecule has 2 nitrogen and oxygen atoms in total. The molecule has 1 aromatic rings. The molecule has 16 heavy (non-hydrogen) atoms. The van der Waals surface area contributed by atoms with Crippen molar-refractivity contribution in [2.45, 2.75) is 32.1 Å². The molecule has 0 aliphatic rings. The number of unbranched alkanes of at least 4 members (excludes halogenated alkanes) is 2. The Morgan fingerprint density at radius 1 is 1.12 bits per heavy atom. The van der Waals surface area contributed by atoms with Crippen molar-refractivity contribution in [2.24, 2.45) is 0 Å². The molecule has 0 unspecified atom stereocenters. The van der Waals surface area contributed by atoms with E-state index >= 15 is 0 Å². The summed E-state index contributed by atoms with van der Waals surface area (Å²) in [7, 11) is 0. The van der Waals surface area contributed by atoms with Gasteiger partial charge in [-0.05, 0) is 31.2 Å². The first kappa shape index (κ1) is 12.5. The quantitative estimate of drug-likeness (QED) is 0.562. The average molecular weight is 218 g/mol. The molecule has 1 rings (SSSR count). The predicted molar refractivity (Wildman–Crippen MR) is 65.4 cm³/mol. The fourth-order valence-electron chi connectivity index (χ4n) is 1.60. The monoisotopic (exact) mass is 218 g/mol. The predicted octanol–water partition coefficient (Wildman–Crippen LogP) is 3.43. The lowest BCUT2D eigenvalue weighted by Gasteiger charge is -2.02. The Bertz CT molecular complexity index is 341. The summed E-state index contributed by atoms with van der Waals surface area (Å²) < 4.78 is 0. The van der Waals surface area contributed by atoms with Crippen molar-refractivity contribution in [3.8, 4) is 0 Å². The van der Waals surface area contributed by atoms with Gasteiger partial charge in [0, 0.05) is 5.57 Å². The van der Waals surface area contributed by atoms with Crippen LogP contribution in [0.25, 0.3) is 0 Å². The van der Waals surface area contributed by atoms with E-state index < -0.39 is 5.97 Å². The number of carboxylic acid groups (broad SMARTS) is 1. The molecular weight excluding hydrogens is 200 g/mol. The summed E-state index contributed by atoms with van der Waals surface area (Å²) in [5.41, 5.74) is 1.67. The normalized spacial score (nSPS) is 10.0. The van der Waals surface area contributed by atoms with Gasteiger partial charge in [0.05, 0.1) is 0 Å². The lowest BCUT2D eigenvalue weighted by molar-refractivity contribution is -0.132. The zero-order chi connectivity index (χ0) is 11.8. The highest BCUT2D eigenvalue weighted by molar-refractivity contribution is 5.85. The Labute approximate surface area is 96.6 Å². The number of hydrogen-bond acceptors (Lipinski definition) is 1. The van der Waals surface area contributed by atoms with Crippen LogP contribution in [0.3, 0.4) is 0 Å². The molecule has 0 radical (unpaired) electrons. The van der Waals surface area contributed by atoms with Crippen LogP contribution in [0.2, 0.25) is 0 Å². The summed E-state index contributed by atoms with van der Waals surface area (Å²) in [6, 6.07) is 10.3. The fraction of sp³-hybridized carbons (Fsp3) is 0.357. The van der Waals surface area contributed by atoms with E-state index in [1.807, 2.05) is 18.2 Å². The van der Waals surface area contributed by atoms with E-state index in [1.165, 1.54) is 5.56 Å². The molecule has 0 bridgehead atoms. The van der Waals surface area contributed by atoms with Gasteiger partial charge >= 0.3 is 5.97 Å². The number of carbonyl (C=O) groups is 1. The fourth-order valence-corrected chi connectivity index (χ4v) is 1.60. The molecule has 0 saturated heterocycles. The van der Waals surface area contributed by atoms with Gasteiger partial charge in [-0.1, -0.05) is 43.3 Å². The molecule has 86 valence electrons. The molecule has 1 aromatic carbocycles. The summed E-state index contributed by atoms with van der Waals surface area (Å²) in [6.07, 6.45) is 4.75. The standard InChI is InChI=1S/C14H18O2/c1-12(14(15)16)8-4-2-5-9-13-10-6-3-7-11-13/h3,6-7,10-11H,1-2,4-5,8-9H2,(H,15,16). The molecule has 0 spiro atoms. The second-order valence-electron chi connectivity index (χ2n) is 3.95. The van der Waals surface area contributed by atoms with Crippen LogP contribution >= 0.6 is 0 Å². The van der Waals surface area contributed by atoms with Crippen LogP contribution < -0.4 is 0 Å². The lowest BCUT2D eigenvalue weighted by Crippen LogP contribution is -1.98. The van der Waals surface area contributed by atoms with Crippen molar-refractivity contribution >= 4 is 5.97 Å². The highest BCUT2D eigenvalue weighted by atomic mass is 16.4. The highest BCUT2D eigenvalue weighted by Gasteiger charge is 2.02. The van der Waals surface area contributed by atoms with Gasteiger partial charge in [0.15, 0.2) is 0 Å². The van der Waals surface area contributed by atoms with Crippen molar-refractivity contribution < 1.29 is 9.90 Å². The van der Waals surface area contributed by atoms with Crippen molar-refractivity contribution in [1.82, 2.24) is 0 Å². The van der Waals surface area contributed by atoms with E-state index in [1.54, 1.807) is 0 Å². The maximum absolute atomic E-state index is 10.5. The van der Waals surface area contributed by atoms with E-state index in [0.717, 1.165) is 25.7 Å². The Morgan fingerprint density at radius 2 is 1.81 bits per heavy atom. The number of carboxylic acids is 1. The van der Waals surface area contributed by atoms with Crippen molar-refractivity contribution in [3.63, 3.8) is 0 Å². The van der Waals surface area contributed by atoms with Crippen molar-refractivity contribution in [2.75, 3.05) is 0 Å². The van der Waals surface area contributed by atoms with Gasteiger partial charge in [0.1, 0.15) is 0 Å². The highest BCUT2D eigenvalue weighted by Crippen LogP contribution is 2.10. The van der Waals surface area contributed by atoms with Gasteiger partial charge in [-0.25, -0.2) is 4.79 Å². The van der Waals surface area contributed by atoms with E-state index in [4.69, 9.17) is 5.11 Å². The molecule has 0 amide bonds. The van der Waals surface area contributed by atoms with Crippen LogP contribution in [0.15, 0.2) is 42.5 Å². The SMILES string of the molecule is C=C(CCCCCc1ccccc1)C(=O)O. The van der Waals surface area contributed by atoms with Gasteiger partial charge < -0.3 is 5.11 Å². The number of aryl methyl sites for hydroxylation is 1. The summed E-state index contributed by atoms with van der Waals surface area (Å²) >= 11 is 0. The zero-order valence-corrected chi connectivity index (χ0v) is 9.48. The Hall–Kier alpha value is -1.57. The molecule has 0 aliphatic carbocycles. The smallest absolute Gasteiger partial charge is 0.330 e. The Morgan fingerprint density at radius 3 is 2.44 bits per heavy atom. The third-order valence-electron chi connectivity index (χ3n) is 2.59. The van der Waals surface area contributed by atoms with E-state index in [2.05, 4.69) is 18.7 Å². The molecular formula is C14H18O2. The molecule has 2 heteroatoms. The minimum atomic E-state index is -0.872. The maximum Gasteiger partial charge on any atom is 0.330 e. The molecule has 0 fully saturated rings. The van der Waals surface area contributed by atoms with Crippen molar-refractivity contribution in [1.29, 1.82) is 0 Å². The minimum Gasteiger partial charge on any atom is -0.478 e. The molecule has 0 aromatic heterocycles. The van der Waals surface area contributed by atoms with Gasteiger partial charge in [-0.2, -0.15) is 0 Å². The summed E-state index contributed by atoms with van der Waals surface area (Å²) in [5, 5.41) is 8.62. The molecule has 0 aliphatic heterocycles. The first-order chi connectivity index (χ1) is 7.70. The average Bonchev–Trinajstić information content (AvgIpc) is 2.29. The van der Waals surface area contributed by atoms with Gasteiger partial charge in [0.2, 0.25) is 0 Å². The van der Waals surface area contributed by atoms with Crippen molar-refractivity contribution in [3.05, 3.63) is 48.0 Å². The second-order valence-corrected chi connectivity index (χ2v) is 3.95. The number of aliphatic carboxylic acids is 1. The third-order valence-corrected chi connectivity index (χ3v) is 2.59. The van der Waals surface area contributed by atoms with Crippen LogP contribution in [0.5, 0.6) is 0 Å². The maximum atomic E-state index is 10.5. The number of rotatable bonds is 7. The summed E-state index contributed by atoms with van der Waals surface area (Å²) in [6.45, 7) is 3.51. The minimum absolute atomic E-state index is 0.319. The van der Waals surface area contributed by atoms with Crippen LogP contribution in [0.1, 0.15) is 31.2 Å². The van der Waals surface area contributed by atoms with E-state index in [-0.39, 0.29) is 0 Å². The Kier molecular flexibility index (Phi) is 5.34. The molecule has 1 N–H and O–H groups in total. The van der Waals surface area contributed by atoms with Crippen LogP contribution in [0, 0.1) is 0 Å².